The van der Waals surface area contributed by atoms with Crippen molar-refractivity contribution in [2.24, 2.45) is 0 Å². The highest BCUT2D eigenvalue weighted by atomic mass is 32.1. The molecule has 0 unspecified atom stereocenters. The molecule has 0 spiro atoms. The molecular weight excluding hydrogens is 436 g/mol. The van der Waals surface area contributed by atoms with E-state index in [0.29, 0.717) is 21.9 Å². The number of fused-ring (bicyclic) bond motifs is 2. The first kappa shape index (κ1) is 20.7. The number of carboxylic acids is 1. The number of ketones is 1. The van der Waals surface area contributed by atoms with Gasteiger partial charge in [-0.15, -0.1) is 11.3 Å². The number of carbonyl (C=O) groups is 2. The molecule has 5 rings (SSSR count). The van der Waals surface area contributed by atoms with Crippen molar-refractivity contribution in [1.82, 2.24) is 0 Å². The Morgan fingerprint density at radius 1 is 0.879 bits per heavy atom. The molecule has 0 fully saturated rings. The van der Waals surface area contributed by atoms with Crippen LogP contribution in [-0.2, 0) is 0 Å². The summed E-state index contributed by atoms with van der Waals surface area (Å²) in [6.45, 7) is 1.89. The van der Waals surface area contributed by atoms with Crippen LogP contribution in [0.25, 0.3) is 20.9 Å². The fraction of sp³-hybridized carbons (Fsp3) is 0.0370. The predicted molar refractivity (Wildman–Crippen MR) is 129 cm³/mol. The lowest BCUT2D eigenvalue weighted by Gasteiger charge is -2.10. The van der Waals surface area contributed by atoms with Gasteiger partial charge in [-0.05, 0) is 65.7 Å². The topological polar surface area (TPSA) is 83.8 Å². The number of carboxylic acid groups (broad SMARTS) is 1. The summed E-state index contributed by atoms with van der Waals surface area (Å²) in [7, 11) is 0. The number of hydrogen-bond donors (Lipinski definition) is 2. The Kier molecular flexibility index (Phi) is 5.07. The normalized spacial score (nSPS) is 11.1. The molecule has 2 N–H and O–H groups in total. The van der Waals surface area contributed by atoms with Crippen molar-refractivity contribution in [1.29, 1.82) is 0 Å². The van der Waals surface area contributed by atoms with Gasteiger partial charge >= 0.3 is 5.97 Å². The predicted octanol–water partition coefficient (Wildman–Crippen LogP) is 6.79. The minimum atomic E-state index is -0.982. The van der Waals surface area contributed by atoms with E-state index in [2.05, 4.69) is 0 Å². The van der Waals surface area contributed by atoms with E-state index in [1.807, 2.05) is 31.2 Å². The van der Waals surface area contributed by atoms with Gasteiger partial charge in [-0.3, -0.25) is 4.79 Å². The molecule has 0 bridgehead atoms. The van der Waals surface area contributed by atoms with E-state index < -0.39 is 5.97 Å². The van der Waals surface area contributed by atoms with Crippen molar-refractivity contribution in [2.45, 2.75) is 6.92 Å². The highest BCUT2D eigenvalue weighted by Crippen LogP contribution is 2.43. The standard InChI is InChI=1S/C27H18O5S/c1-15-4-2-3-5-21(15)24(29)26-25(22-11-9-19(28)14-23(22)33-26)32-20-10-8-16-12-18(27(30)31)7-6-17(16)13-20/h2-14,28H,1H3,(H,30,31). The lowest BCUT2D eigenvalue weighted by molar-refractivity contribution is 0.0697. The van der Waals surface area contributed by atoms with Gasteiger partial charge in [-0.2, -0.15) is 0 Å². The van der Waals surface area contributed by atoms with E-state index in [9.17, 15) is 19.8 Å². The molecule has 0 saturated heterocycles. The van der Waals surface area contributed by atoms with Crippen molar-refractivity contribution < 1.29 is 24.5 Å². The zero-order valence-corrected chi connectivity index (χ0v) is 18.3. The molecule has 4 aromatic carbocycles. The first-order chi connectivity index (χ1) is 15.9. The molecule has 0 saturated carbocycles. The Morgan fingerprint density at radius 2 is 1.64 bits per heavy atom. The van der Waals surface area contributed by atoms with E-state index >= 15 is 0 Å². The Morgan fingerprint density at radius 3 is 2.42 bits per heavy atom. The van der Waals surface area contributed by atoms with Crippen molar-refractivity contribution >= 4 is 43.9 Å². The number of hydrogen-bond acceptors (Lipinski definition) is 5. The third-order valence-corrected chi connectivity index (χ3v) is 6.64. The minimum Gasteiger partial charge on any atom is -0.508 e. The van der Waals surface area contributed by atoms with Crippen LogP contribution >= 0.6 is 11.3 Å². The Hall–Kier alpha value is -4.16. The average Bonchev–Trinajstić information content (AvgIpc) is 3.15. The third-order valence-electron chi connectivity index (χ3n) is 5.50. The number of phenolic OH excluding ortho intramolecular Hbond substituents is 1. The minimum absolute atomic E-state index is 0.116. The van der Waals surface area contributed by atoms with Gasteiger partial charge in [0.25, 0.3) is 0 Å². The number of aromatic carboxylic acids is 1. The van der Waals surface area contributed by atoms with Crippen molar-refractivity contribution in [3.63, 3.8) is 0 Å². The van der Waals surface area contributed by atoms with Crippen LogP contribution in [0.5, 0.6) is 17.2 Å². The van der Waals surface area contributed by atoms with Crippen LogP contribution < -0.4 is 4.74 Å². The van der Waals surface area contributed by atoms with E-state index in [1.165, 1.54) is 11.3 Å². The van der Waals surface area contributed by atoms with E-state index in [4.69, 9.17) is 4.74 Å². The van der Waals surface area contributed by atoms with Gasteiger partial charge in [-0.25, -0.2) is 4.79 Å². The average molecular weight is 455 g/mol. The monoisotopic (exact) mass is 454 g/mol. The molecule has 6 heteroatoms. The highest BCUT2D eigenvalue weighted by molar-refractivity contribution is 7.21. The zero-order chi connectivity index (χ0) is 23.1. The summed E-state index contributed by atoms with van der Waals surface area (Å²) in [5, 5.41) is 21.5. The molecule has 0 aliphatic carbocycles. The number of benzene rings is 4. The van der Waals surface area contributed by atoms with E-state index in [-0.39, 0.29) is 17.1 Å². The lowest BCUT2D eigenvalue weighted by Crippen LogP contribution is -2.03. The largest absolute Gasteiger partial charge is 0.508 e. The molecule has 0 atom stereocenters. The number of carbonyl (C=O) groups excluding carboxylic acids is 1. The van der Waals surface area contributed by atoms with Gasteiger partial charge in [0.1, 0.15) is 16.4 Å². The van der Waals surface area contributed by atoms with Gasteiger partial charge in [0.15, 0.2) is 5.75 Å². The Labute approximate surface area is 193 Å². The molecular formula is C27H18O5S. The summed E-state index contributed by atoms with van der Waals surface area (Å²) in [6, 6.07) is 22.6. The second-order valence-electron chi connectivity index (χ2n) is 7.72. The summed E-state index contributed by atoms with van der Waals surface area (Å²) in [4.78, 5) is 25.1. The van der Waals surface area contributed by atoms with Crippen LogP contribution in [0.2, 0.25) is 0 Å². The van der Waals surface area contributed by atoms with Gasteiger partial charge in [0.05, 0.1) is 5.56 Å². The van der Waals surface area contributed by atoms with Crippen molar-refractivity contribution in [3.8, 4) is 17.2 Å². The summed E-state index contributed by atoms with van der Waals surface area (Å²) in [6.07, 6.45) is 0. The van der Waals surface area contributed by atoms with Gasteiger partial charge < -0.3 is 14.9 Å². The summed E-state index contributed by atoms with van der Waals surface area (Å²) in [5.41, 5.74) is 1.68. The van der Waals surface area contributed by atoms with Gasteiger partial charge in [0.2, 0.25) is 5.78 Å². The van der Waals surface area contributed by atoms with Crippen molar-refractivity contribution in [3.05, 3.63) is 100 Å². The third kappa shape index (κ3) is 3.81. The number of phenols is 1. The SMILES string of the molecule is Cc1ccccc1C(=O)c1sc2cc(O)ccc2c1Oc1ccc2cc(C(=O)O)ccc2c1. The van der Waals surface area contributed by atoms with Crippen LogP contribution in [0.3, 0.4) is 0 Å². The van der Waals surface area contributed by atoms with Gasteiger partial charge in [-0.1, -0.05) is 36.4 Å². The maximum Gasteiger partial charge on any atom is 0.335 e. The molecule has 5 nitrogen and oxygen atoms in total. The first-order valence-corrected chi connectivity index (χ1v) is 11.0. The molecule has 33 heavy (non-hydrogen) atoms. The molecule has 1 heterocycles. The van der Waals surface area contributed by atoms with E-state index in [1.54, 1.807) is 54.6 Å². The zero-order valence-electron chi connectivity index (χ0n) is 17.5. The first-order valence-electron chi connectivity index (χ1n) is 10.2. The summed E-state index contributed by atoms with van der Waals surface area (Å²) < 4.78 is 7.01. The molecule has 0 radical (unpaired) electrons. The number of aromatic hydroxyl groups is 1. The highest BCUT2D eigenvalue weighted by Gasteiger charge is 2.23. The number of thiophene rings is 1. The fourth-order valence-corrected chi connectivity index (χ4v) is 4.92. The molecule has 5 aromatic rings. The second kappa shape index (κ2) is 8.07. The quantitative estimate of drug-likeness (QED) is 0.286. The van der Waals surface area contributed by atoms with Crippen LogP contribution in [0, 0.1) is 6.92 Å². The second-order valence-corrected chi connectivity index (χ2v) is 8.77. The molecule has 0 amide bonds. The molecule has 0 aliphatic rings. The smallest absolute Gasteiger partial charge is 0.335 e. The number of rotatable bonds is 5. The molecule has 162 valence electrons. The maximum atomic E-state index is 13.5. The fourth-order valence-electron chi connectivity index (χ4n) is 3.80. The van der Waals surface area contributed by atoms with Gasteiger partial charge in [0, 0.05) is 15.6 Å². The van der Waals surface area contributed by atoms with Crippen LogP contribution in [-0.4, -0.2) is 22.0 Å². The lowest BCUT2D eigenvalue weighted by atomic mass is 10.0. The Balaban J connectivity index is 1.62. The van der Waals surface area contributed by atoms with E-state index in [0.717, 1.165) is 26.4 Å². The van der Waals surface area contributed by atoms with Crippen LogP contribution in [0.4, 0.5) is 0 Å². The van der Waals surface area contributed by atoms with Crippen LogP contribution in [0.1, 0.15) is 31.2 Å². The summed E-state index contributed by atoms with van der Waals surface area (Å²) in [5.74, 6) is -0.0488. The Bertz CT molecular complexity index is 1560. The molecule has 0 aliphatic heterocycles. The van der Waals surface area contributed by atoms with Crippen LogP contribution in [0.15, 0.2) is 78.9 Å². The maximum absolute atomic E-state index is 13.5. The summed E-state index contributed by atoms with van der Waals surface area (Å²) >= 11 is 1.28. The molecule has 1 aromatic heterocycles. The van der Waals surface area contributed by atoms with Crippen molar-refractivity contribution in [2.75, 3.05) is 0 Å². The number of ether oxygens (including phenoxy) is 1. The number of aryl methyl sites for hydroxylation is 1.